The first kappa shape index (κ1) is 13.1. The number of hydrogen-bond acceptors (Lipinski definition) is 5. The zero-order valence-corrected chi connectivity index (χ0v) is 11.2. The van der Waals surface area contributed by atoms with Gasteiger partial charge in [-0.2, -0.15) is 4.98 Å². The van der Waals surface area contributed by atoms with Gasteiger partial charge < -0.3 is 15.0 Å². The van der Waals surface area contributed by atoms with Crippen molar-refractivity contribution in [2.75, 3.05) is 12.3 Å². The SMILES string of the molecule is CC1(c2noc(-c3ccc(N)c(F)c3)n2)CCCCO1. The molecule has 5 nitrogen and oxygen atoms in total. The molecule has 106 valence electrons. The molecule has 1 atom stereocenters. The Kier molecular flexibility index (Phi) is 3.17. The molecular formula is C14H16FN3O2. The lowest BCUT2D eigenvalue weighted by atomic mass is 9.95. The van der Waals surface area contributed by atoms with Gasteiger partial charge in [0.05, 0.1) is 5.69 Å². The predicted molar refractivity (Wildman–Crippen MR) is 71.3 cm³/mol. The molecule has 0 spiro atoms. The molecule has 2 N–H and O–H groups in total. The van der Waals surface area contributed by atoms with E-state index in [1.54, 1.807) is 6.07 Å². The number of nitrogens with two attached hydrogens (primary N) is 1. The molecule has 0 saturated carbocycles. The van der Waals surface area contributed by atoms with E-state index in [0.717, 1.165) is 19.3 Å². The van der Waals surface area contributed by atoms with Crippen molar-refractivity contribution in [2.24, 2.45) is 0 Å². The minimum atomic E-state index is -0.521. The van der Waals surface area contributed by atoms with Crippen molar-refractivity contribution >= 4 is 5.69 Å². The van der Waals surface area contributed by atoms with Crippen molar-refractivity contribution in [2.45, 2.75) is 31.8 Å². The first-order valence-electron chi connectivity index (χ1n) is 6.62. The Hall–Kier alpha value is -1.95. The van der Waals surface area contributed by atoms with Gasteiger partial charge in [-0.15, -0.1) is 0 Å². The van der Waals surface area contributed by atoms with Gasteiger partial charge in [0.25, 0.3) is 5.89 Å². The third kappa shape index (κ3) is 2.27. The third-order valence-electron chi connectivity index (χ3n) is 3.62. The Labute approximate surface area is 115 Å². The first-order chi connectivity index (χ1) is 9.58. The third-order valence-corrected chi connectivity index (χ3v) is 3.62. The Morgan fingerprint density at radius 2 is 2.20 bits per heavy atom. The summed E-state index contributed by atoms with van der Waals surface area (Å²) in [5.41, 5.74) is 5.53. The Morgan fingerprint density at radius 1 is 1.35 bits per heavy atom. The number of nitrogens with zero attached hydrogens (tertiary/aromatic N) is 2. The second kappa shape index (κ2) is 4.86. The van der Waals surface area contributed by atoms with E-state index in [2.05, 4.69) is 10.1 Å². The van der Waals surface area contributed by atoms with Crippen LogP contribution in [-0.4, -0.2) is 16.7 Å². The molecule has 0 aliphatic carbocycles. The van der Waals surface area contributed by atoms with Crippen LogP contribution in [0.3, 0.4) is 0 Å². The highest BCUT2D eigenvalue weighted by Gasteiger charge is 2.35. The van der Waals surface area contributed by atoms with Crippen LogP contribution in [0.25, 0.3) is 11.5 Å². The maximum absolute atomic E-state index is 13.5. The summed E-state index contributed by atoms with van der Waals surface area (Å²) in [6.45, 7) is 2.64. The molecule has 1 aromatic heterocycles. The molecule has 1 aliphatic heterocycles. The van der Waals surface area contributed by atoms with Crippen LogP contribution < -0.4 is 5.73 Å². The van der Waals surface area contributed by atoms with Crippen LogP contribution in [0.5, 0.6) is 0 Å². The summed E-state index contributed by atoms with van der Waals surface area (Å²) in [4.78, 5) is 4.34. The van der Waals surface area contributed by atoms with Crippen molar-refractivity contribution in [1.29, 1.82) is 0 Å². The van der Waals surface area contributed by atoms with Crippen LogP contribution in [0.4, 0.5) is 10.1 Å². The molecule has 6 heteroatoms. The highest BCUT2D eigenvalue weighted by Crippen LogP contribution is 2.34. The monoisotopic (exact) mass is 277 g/mol. The van der Waals surface area contributed by atoms with Crippen LogP contribution in [0.2, 0.25) is 0 Å². The van der Waals surface area contributed by atoms with Crippen LogP contribution in [0.1, 0.15) is 32.0 Å². The lowest BCUT2D eigenvalue weighted by Gasteiger charge is -2.30. The standard InChI is InChI=1S/C14H16FN3O2/c1-14(6-2-3-7-19-14)13-17-12(20-18-13)9-4-5-11(16)10(15)8-9/h4-5,8H,2-3,6-7,16H2,1H3. The van der Waals surface area contributed by atoms with Crippen molar-refractivity contribution < 1.29 is 13.7 Å². The molecule has 0 radical (unpaired) electrons. The second-order valence-corrected chi connectivity index (χ2v) is 5.20. The number of halogens is 1. The van der Waals surface area contributed by atoms with Gasteiger partial charge in [0.15, 0.2) is 0 Å². The maximum Gasteiger partial charge on any atom is 0.258 e. The van der Waals surface area contributed by atoms with Gasteiger partial charge in [-0.05, 0) is 44.4 Å². The molecule has 1 aliphatic rings. The summed E-state index contributed by atoms with van der Waals surface area (Å²) in [5.74, 6) is 0.279. The van der Waals surface area contributed by atoms with E-state index in [-0.39, 0.29) is 11.6 Å². The van der Waals surface area contributed by atoms with E-state index in [0.29, 0.717) is 18.0 Å². The fraction of sp³-hybridized carbons (Fsp3) is 0.429. The number of nitrogen functional groups attached to an aromatic ring is 1. The van der Waals surface area contributed by atoms with Gasteiger partial charge in [-0.25, -0.2) is 4.39 Å². The molecule has 0 amide bonds. The Balaban J connectivity index is 1.91. The molecule has 20 heavy (non-hydrogen) atoms. The molecule has 2 heterocycles. The minimum absolute atomic E-state index is 0.0936. The molecule has 2 aromatic rings. The quantitative estimate of drug-likeness (QED) is 0.854. The van der Waals surface area contributed by atoms with Crippen molar-refractivity contribution in [3.8, 4) is 11.5 Å². The first-order valence-corrected chi connectivity index (χ1v) is 6.62. The average Bonchev–Trinajstić information content (AvgIpc) is 2.93. The van der Waals surface area contributed by atoms with Gasteiger partial charge in [0.1, 0.15) is 11.4 Å². The van der Waals surface area contributed by atoms with E-state index in [9.17, 15) is 4.39 Å². The number of aromatic nitrogens is 2. The fourth-order valence-corrected chi connectivity index (χ4v) is 2.33. The zero-order chi connectivity index (χ0) is 14.2. The van der Waals surface area contributed by atoms with Gasteiger partial charge in [-0.3, -0.25) is 0 Å². The van der Waals surface area contributed by atoms with E-state index in [1.807, 2.05) is 6.92 Å². The summed E-state index contributed by atoms with van der Waals surface area (Å²) in [6, 6.07) is 4.42. The van der Waals surface area contributed by atoms with Crippen LogP contribution in [0, 0.1) is 5.82 Å². The predicted octanol–water partition coefficient (Wildman–Crippen LogP) is 2.87. The molecule has 1 unspecified atom stereocenters. The van der Waals surface area contributed by atoms with Crippen LogP contribution in [-0.2, 0) is 10.3 Å². The fourth-order valence-electron chi connectivity index (χ4n) is 2.33. The Morgan fingerprint density at radius 3 is 2.90 bits per heavy atom. The van der Waals surface area contributed by atoms with E-state index >= 15 is 0 Å². The normalized spacial score (nSPS) is 22.9. The van der Waals surface area contributed by atoms with Gasteiger partial charge in [0.2, 0.25) is 5.82 Å². The highest BCUT2D eigenvalue weighted by molar-refractivity contribution is 5.57. The number of benzene rings is 1. The number of anilines is 1. The minimum Gasteiger partial charge on any atom is -0.396 e. The lowest BCUT2D eigenvalue weighted by Crippen LogP contribution is -2.31. The largest absolute Gasteiger partial charge is 0.396 e. The summed E-state index contributed by atoms with van der Waals surface area (Å²) in [7, 11) is 0. The van der Waals surface area contributed by atoms with Crippen LogP contribution in [0.15, 0.2) is 22.7 Å². The summed E-state index contributed by atoms with van der Waals surface area (Å²) in [5, 5.41) is 3.98. The molecule has 0 bridgehead atoms. The van der Waals surface area contributed by atoms with E-state index in [4.69, 9.17) is 15.0 Å². The van der Waals surface area contributed by atoms with E-state index < -0.39 is 11.4 Å². The molecular weight excluding hydrogens is 261 g/mol. The molecule has 1 saturated heterocycles. The summed E-state index contributed by atoms with van der Waals surface area (Å²) < 4.78 is 24.4. The van der Waals surface area contributed by atoms with Crippen molar-refractivity contribution in [1.82, 2.24) is 10.1 Å². The molecule has 3 rings (SSSR count). The maximum atomic E-state index is 13.5. The molecule has 1 fully saturated rings. The highest BCUT2D eigenvalue weighted by atomic mass is 19.1. The van der Waals surface area contributed by atoms with E-state index in [1.165, 1.54) is 12.1 Å². The van der Waals surface area contributed by atoms with Gasteiger partial charge >= 0.3 is 0 Å². The second-order valence-electron chi connectivity index (χ2n) is 5.20. The van der Waals surface area contributed by atoms with Gasteiger partial charge in [0, 0.05) is 12.2 Å². The van der Waals surface area contributed by atoms with Crippen molar-refractivity contribution in [3.63, 3.8) is 0 Å². The Bertz CT molecular complexity index is 621. The lowest BCUT2D eigenvalue weighted by molar-refractivity contribution is -0.0770. The average molecular weight is 277 g/mol. The van der Waals surface area contributed by atoms with Crippen LogP contribution >= 0.6 is 0 Å². The summed E-state index contributed by atoms with van der Waals surface area (Å²) in [6.07, 6.45) is 2.96. The summed E-state index contributed by atoms with van der Waals surface area (Å²) >= 11 is 0. The number of rotatable bonds is 2. The smallest absolute Gasteiger partial charge is 0.258 e. The topological polar surface area (TPSA) is 74.2 Å². The number of hydrogen-bond donors (Lipinski definition) is 1. The molecule has 1 aromatic carbocycles. The van der Waals surface area contributed by atoms with Crippen molar-refractivity contribution in [3.05, 3.63) is 29.8 Å². The van der Waals surface area contributed by atoms with Gasteiger partial charge in [-0.1, -0.05) is 5.16 Å². The number of ether oxygens (including phenoxy) is 1. The zero-order valence-electron chi connectivity index (χ0n) is 11.2.